The summed E-state index contributed by atoms with van der Waals surface area (Å²) in [6.07, 6.45) is 0.376. The smallest absolute Gasteiger partial charge is 0.387 e. The third-order valence-corrected chi connectivity index (χ3v) is 3.02. The van der Waals surface area contributed by atoms with E-state index >= 15 is 0 Å². The maximum absolute atomic E-state index is 12.4. The van der Waals surface area contributed by atoms with E-state index in [4.69, 9.17) is 0 Å². The second-order valence-corrected chi connectivity index (χ2v) is 4.25. The van der Waals surface area contributed by atoms with Crippen molar-refractivity contribution in [3.8, 4) is 5.75 Å². The Bertz CT molecular complexity index is 522. The molecular formula is C13H14F2N2O3. The highest BCUT2D eigenvalue weighted by Crippen LogP contribution is 2.32. The number of amides is 2. The van der Waals surface area contributed by atoms with Gasteiger partial charge in [0, 0.05) is 0 Å². The average molecular weight is 284 g/mol. The van der Waals surface area contributed by atoms with Gasteiger partial charge in [0.05, 0.1) is 12.2 Å². The van der Waals surface area contributed by atoms with Crippen LogP contribution in [-0.2, 0) is 9.59 Å². The van der Waals surface area contributed by atoms with Crippen LogP contribution in [0.1, 0.15) is 13.3 Å². The van der Waals surface area contributed by atoms with Gasteiger partial charge < -0.3 is 10.1 Å². The largest absolute Gasteiger partial charge is 0.433 e. The van der Waals surface area contributed by atoms with Crippen LogP contribution in [0.25, 0.3) is 0 Å². The molecule has 1 N–H and O–H groups in total. The number of ether oxygens (including phenoxy) is 1. The highest BCUT2D eigenvalue weighted by atomic mass is 19.3. The molecule has 1 unspecified atom stereocenters. The maximum atomic E-state index is 12.4. The zero-order valence-corrected chi connectivity index (χ0v) is 10.8. The molecule has 20 heavy (non-hydrogen) atoms. The Kier molecular flexibility index (Phi) is 4.16. The number of nitrogens with zero attached hydrogens (tertiary/aromatic N) is 1. The molecule has 108 valence electrons. The Hall–Kier alpha value is -2.18. The molecule has 1 aliphatic rings. The molecule has 1 aromatic rings. The molecule has 1 saturated heterocycles. The summed E-state index contributed by atoms with van der Waals surface area (Å²) in [4.78, 5) is 25.0. The van der Waals surface area contributed by atoms with Crippen molar-refractivity contribution < 1.29 is 23.1 Å². The Morgan fingerprint density at radius 1 is 1.40 bits per heavy atom. The lowest BCUT2D eigenvalue weighted by Gasteiger charge is -2.35. The first-order chi connectivity index (χ1) is 9.54. The van der Waals surface area contributed by atoms with Gasteiger partial charge in [-0.25, -0.2) is 0 Å². The standard InChI is InChI=1S/C13H14F2N2O3/c1-2-8-12(19)16-7-11(18)17(8)9-5-3-4-6-10(9)20-13(14)15/h3-6,8,13H,2,7H2,1H3,(H,16,19). The number of carbonyl (C=O) groups is 2. The molecule has 1 aromatic carbocycles. The fourth-order valence-corrected chi connectivity index (χ4v) is 2.18. The van der Waals surface area contributed by atoms with Crippen molar-refractivity contribution >= 4 is 17.5 Å². The minimum absolute atomic E-state index is 0.121. The molecule has 5 nitrogen and oxygen atoms in total. The highest BCUT2D eigenvalue weighted by molar-refractivity contribution is 6.07. The zero-order chi connectivity index (χ0) is 14.7. The summed E-state index contributed by atoms with van der Waals surface area (Å²) in [6, 6.07) is 5.22. The van der Waals surface area contributed by atoms with Gasteiger partial charge in [0.25, 0.3) is 0 Å². The first-order valence-electron chi connectivity index (χ1n) is 6.18. The number of piperazine rings is 1. The van der Waals surface area contributed by atoms with Gasteiger partial charge in [0.2, 0.25) is 11.8 Å². The quantitative estimate of drug-likeness (QED) is 0.912. The molecular weight excluding hydrogens is 270 g/mol. The summed E-state index contributed by atoms with van der Waals surface area (Å²) in [5, 5.41) is 2.47. The van der Waals surface area contributed by atoms with E-state index in [2.05, 4.69) is 10.1 Å². The van der Waals surface area contributed by atoms with Crippen molar-refractivity contribution in [2.24, 2.45) is 0 Å². The van der Waals surface area contributed by atoms with E-state index in [1.807, 2.05) is 0 Å². The van der Waals surface area contributed by atoms with Crippen LogP contribution >= 0.6 is 0 Å². The lowest BCUT2D eigenvalue weighted by atomic mass is 10.1. The lowest BCUT2D eigenvalue weighted by Crippen LogP contribution is -2.58. The molecule has 1 atom stereocenters. The van der Waals surface area contributed by atoms with Crippen molar-refractivity contribution in [3.63, 3.8) is 0 Å². The van der Waals surface area contributed by atoms with Gasteiger partial charge in [-0.1, -0.05) is 19.1 Å². The number of anilines is 1. The number of benzene rings is 1. The SMILES string of the molecule is CCC1C(=O)NCC(=O)N1c1ccccc1OC(F)F. The average Bonchev–Trinajstić information content (AvgIpc) is 2.41. The Morgan fingerprint density at radius 3 is 2.75 bits per heavy atom. The van der Waals surface area contributed by atoms with Crippen molar-refractivity contribution in [1.29, 1.82) is 0 Å². The van der Waals surface area contributed by atoms with Gasteiger partial charge in [-0.05, 0) is 18.6 Å². The van der Waals surface area contributed by atoms with Crippen molar-refractivity contribution in [3.05, 3.63) is 24.3 Å². The molecule has 2 amide bonds. The maximum Gasteiger partial charge on any atom is 0.387 e. The summed E-state index contributed by atoms with van der Waals surface area (Å²) >= 11 is 0. The molecule has 0 radical (unpaired) electrons. The number of para-hydroxylation sites is 2. The molecule has 1 heterocycles. The molecule has 1 fully saturated rings. The van der Waals surface area contributed by atoms with Gasteiger partial charge in [0.1, 0.15) is 11.8 Å². The Labute approximate surface area is 114 Å². The van der Waals surface area contributed by atoms with Crippen LogP contribution in [0.2, 0.25) is 0 Å². The fraction of sp³-hybridized carbons (Fsp3) is 0.385. The molecule has 0 aromatic heterocycles. The van der Waals surface area contributed by atoms with E-state index in [-0.39, 0.29) is 29.8 Å². The number of carbonyl (C=O) groups excluding carboxylic acids is 2. The molecule has 0 bridgehead atoms. The summed E-state index contributed by atoms with van der Waals surface area (Å²) < 4.78 is 29.2. The second kappa shape index (κ2) is 5.85. The van der Waals surface area contributed by atoms with E-state index in [0.29, 0.717) is 6.42 Å². The zero-order valence-electron chi connectivity index (χ0n) is 10.8. The number of halogens is 2. The van der Waals surface area contributed by atoms with Crippen molar-refractivity contribution in [1.82, 2.24) is 5.32 Å². The Morgan fingerprint density at radius 2 is 2.10 bits per heavy atom. The molecule has 7 heteroatoms. The molecule has 0 saturated carbocycles. The van der Waals surface area contributed by atoms with Gasteiger partial charge in [-0.15, -0.1) is 0 Å². The van der Waals surface area contributed by atoms with Crippen LogP contribution in [0.5, 0.6) is 5.75 Å². The molecule has 0 aliphatic carbocycles. The van der Waals surface area contributed by atoms with Gasteiger partial charge in [-0.2, -0.15) is 8.78 Å². The second-order valence-electron chi connectivity index (χ2n) is 4.25. The number of hydrogen-bond donors (Lipinski definition) is 1. The number of alkyl halides is 2. The Balaban J connectivity index is 2.41. The number of nitrogens with one attached hydrogen (secondary N) is 1. The third-order valence-electron chi connectivity index (χ3n) is 3.02. The van der Waals surface area contributed by atoms with Crippen LogP contribution in [0.3, 0.4) is 0 Å². The van der Waals surface area contributed by atoms with Crippen LogP contribution in [0.4, 0.5) is 14.5 Å². The van der Waals surface area contributed by atoms with Gasteiger partial charge in [-0.3, -0.25) is 14.5 Å². The van der Waals surface area contributed by atoms with Crippen LogP contribution in [-0.4, -0.2) is 31.0 Å². The normalized spacial score (nSPS) is 19.2. The monoisotopic (exact) mass is 284 g/mol. The van der Waals surface area contributed by atoms with Crippen LogP contribution in [0, 0.1) is 0 Å². The predicted molar refractivity (Wildman–Crippen MR) is 67.6 cm³/mol. The van der Waals surface area contributed by atoms with E-state index < -0.39 is 12.7 Å². The summed E-state index contributed by atoms with van der Waals surface area (Å²) in [5.74, 6) is -0.787. The number of hydrogen-bond acceptors (Lipinski definition) is 3. The molecule has 1 aliphatic heterocycles. The van der Waals surface area contributed by atoms with Gasteiger partial charge in [0.15, 0.2) is 0 Å². The highest BCUT2D eigenvalue weighted by Gasteiger charge is 2.35. The molecule has 0 spiro atoms. The first kappa shape index (κ1) is 14.2. The van der Waals surface area contributed by atoms with E-state index in [9.17, 15) is 18.4 Å². The summed E-state index contributed by atoms with van der Waals surface area (Å²) in [5.41, 5.74) is 0.180. The van der Waals surface area contributed by atoms with Gasteiger partial charge >= 0.3 is 6.61 Å². The van der Waals surface area contributed by atoms with Crippen molar-refractivity contribution in [2.45, 2.75) is 26.0 Å². The lowest BCUT2D eigenvalue weighted by molar-refractivity contribution is -0.131. The predicted octanol–water partition coefficient (Wildman–Crippen LogP) is 1.53. The van der Waals surface area contributed by atoms with Crippen LogP contribution < -0.4 is 15.0 Å². The minimum Gasteiger partial charge on any atom is -0.433 e. The summed E-state index contributed by atoms with van der Waals surface area (Å²) in [6.45, 7) is -1.41. The third kappa shape index (κ3) is 2.71. The topological polar surface area (TPSA) is 58.6 Å². The summed E-state index contributed by atoms with van der Waals surface area (Å²) in [7, 11) is 0. The van der Waals surface area contributed by atoms with E-state index in [1.165, 1.54) is 23.1 Å². The van der Waals surface area contributed by atoms with Crippen LogP contribution in [0.15, 0.2) is 24.3 Å². The van der Waals surface area contributed by atoms with E-state index in [1.54, 1.807) is 13.0 Å². The fourth-order valence-electron chi connectivity index (χ4n) is 2.18. The first-order valence-corrected chi connectivity index (χ1v) is 6.18. The van der Waals surface area contributed by atoms with Crippen molar-refractivity contribution in [2.75, 3.05) is 11.4 Å². The molecule has 2 rings (SSSR count). The minimum atomic E-state index is -3.00. The number of rotatable bonds is 4. The van der Waals surface area contributed by atoms with E-state index in [0.717, 1.165) is 0 Å².